The van der Waals surface area contributed by atoms with Crippen molar-refractivity contribution >= 4 is 11.6 Å². The van der Waals surface area contributed by atoms with Gasteiger partial charge in [0.1, 0.15) is 12.4 Å². The summed E-state index contributed by atoms with van der Waals surface area (Å²) in [5, 5.41) is 12.1. The number of ether oxygens (including phenoxy) is 1. The molecule has 0 saturated carbocycles. The molecule has 0 spiro atoms. The molecule has 1 aromatic carbocycles. The maximum atomic E-state index is 11.0. The van der Waals surface area contributed by atoms with Crippen molar-refractivity contribution in [2.45, 2.75) is 6.61 Å². The maximum Gasteiger partial charge on any atom is 0.250 e. The number of rotatable bonds is 0. The molecule has 1 aliphatic heterocycles. The minimum absolute atomic E-state index is 0.0358. The van der Waals surface area contributed by atoms with E-state index in [0.29, 0.717) is 11.3 Å². The molecule has 0 atom stereocenters. The van der Waals surface area contributed by atoms with Crippen molar-refractivity contribution in [3.05, 3.63) is 23.8 Å². The molecule has 0 aromatic heterocycles. The molecule has 2 rings (SSSR count). The van der Waals surface area contributed by atoms with Gasteiger partial charge in [-0.15, -0.1) is 0 Å². The van der Waals surface area contributed by atoms with Crippen molar-refractivity contribution in [2.24, 2.45) is 0 Å². The number of hydrogen-bond acceptors (Lipinski definition) is 3. The Labute approximate surface area is 75.1 Å². The predicted octanol–water partition coefficient (Wildman–Crippen LogP) is 0.861. The average Bonchev–Trinajstić information content (AvgIpc) is 2.27. The van der Waals surface area contributed by atoms with Gasteiger partial charge in [-0.25, -0.2) is 0 Å². The monoisotopic (exact) mass is 179 g/mol. The summed E-state index contributed by atoms with van der Waals surface area (Å²) in [5.74, 6) is -0.0379. The van der Waals surface area contributed by atoms with Gasteiger partial charge < -0.3 is 15.2 Å². The summed E-state index contributed by atoms with van der Waals surface area (Å²) < 4.78 is 5.04. The Kier molecular flexibility index (Phi) is 1.90. The van der Waals surface area contributed by atoms with Crippen molar-refractivity contribution in [1.82, 2.24) is 0 Å². The summed E-state index contributed by atoms with van der Waals surface area (Å²) in [7, 11) is 0. The molecule has 4 nitrogen and oxygen atoms in total. The van der Waals surface area contributed by atoms with Gasteiger partial charge in [-0.1, -0.05) is 6.07 Å². The number of phenolic OH excluding ortho intramolecular Hbond substituents is 1. The Morgan fingerprint density at radius 3 is 3.08 bits per heavy atom. The molecule has 0 aliphatic carbocycles. The number of amides is 1. The highest BCUT2D eigenvalue weighted by atomic mass is 16.5. The van der Waals surface area contributed by atoms with E-state index < -0.39 is 0 Å². The van der Waals surface area contributed by atoms with Gasteiger partial charge in [0.25, 0.3) is 0 Å². The molecule has 1 aliphatic rings. The van der Waals surface area contributed by atoms with E-state index in [0.717, 1.165) is 0 Å². The number of nitrogens with one attached hydrogen (secondary N) is 1. The Balaban J connectivity index is 2.45. The molecule has 68 valence electrons. The third-order valence-electron chi connectivity index (χ3n) is 1.90. The van der Waals surface area contributed by atoms with Crippen molar-refractivity contribution in [3.63, 3.8) is 0 Å². The van der Waals surface area contributed by atoms with E-state index in [1.54, 1.807) is 18.2 Å². The van der Waals surface area contributed by atoms with Gasteiger partial charge in [-0.2, -0.15) is 0 Å². The lowest BCUT2D eigenvalue weighted by Crippen LogP contribution is -2.14. The van der Waals surface area contributed by atoms with E-state index in [-0.39, 0.29) is 24.9 Å². The molecular formula is C9H9NO3. The van der Waals surface area contributed by atoms with E-state index in [1.165, 1.54) is 0 Å². The molecular weight excluding hydrogens is 170 g/mol. The fourth-order valence-corrected chi connectivity index (χ4v) is 1.28. The number of fused-ring (bicyclic) bond motifs is 1. The second-order valence-corrected chi connectivity index (χ2v) is 2.84. The summed E-state index contributed by atoms with van der Waals surface area (Å²) in [5.41, 5.74) is 1.26. The number of aromatic hydroxyl groups is 1. The summed E-state index contributed by atoms with van der Waals surface area (Å²) in [6.07, 6.45) is 0. The lowest BCUT2D eigenvalue weighted by molar-refractivity contribution is -0.120. The number of carbonyl (C=O) groups is 1. The van der Waals surface area contributed by atoms with E-state index in [4.69, 9.17) is 4.74 Å². The smallest absolute Gasteiger partial charge is 0.250 e. The molecule has 0 bridgehead atoms. The first kappa shape index (κ1) is 8.07. The number of anilines is 1. The van der Waals surface area contributed by atoms with Crippen molar-refractivity contribution < 1.29 is 14.6 Å². The molecule has 0 saturated heterocycles. The van der Waals surface area contributed by atoms with Gasteiger partial charge in [0, 0.05) is 5.56 Å². The predicted molar refractivity (Wildman–Crippen MR) is 46.4 cm³/mol. The fourth-order valence-electron chi connectivity index (χ4n) is 1.28. The quantitative estimate of drug-likeness (QED) is 0.621. The van der Waals surface area contributed by atoms with Crippen LogP contribution in [-0.2, 0) is 16.1 Å². The van der Waals surface area contributed by atoms with E-state index in [1.807, 2.05) is 0 Å². The number of carbonyl (C=O) groups excluding carboxylic acids is 1. The fraction of sp³-hybridized carbons (Fsp3) is 0.222. The van der Waals surface area contributed by atoms with Crippen LogP contribution in [0.4, 0.5) is 5.69 Å². The molecule has 4 heteroatoms. The van der Waals surface area contributed by atoms with Crippen LogP contribution in [0.1, 0.15) is 5.56 Å². The first-order valence-corrected chi connectivity index (χ1v) is 3.96. The summed E-state index contributed by atoms with van der Waals surface area (Å²) in [6, 6.07) is 4.99. The molecule has 2 N–H and O–H groups in total. The number of phenols is 1. The lowest BCUT2D eigenvalue weighted by Gasteiger charge is -2.06. The Morgan fingerprint density at radius 1 is 1.38 bits per heavy atom. The van der Waals surface area contributed by atoms with Gasteiger partial charge in [-0.3, -0.25) is 4.79 Å². The minimum atomic E-state index is -0.190. The molecule has 13 heavy (non-hydrogen) atoms. The van der Waals surface area contributed by atoms with Crippen molar-refractivity contribution in [3.8, 4) is 5.75 Å². The summed E-state index contributed by atoms with van der Waals surface area (Å²) in [6.45, 7) is 0.300. The van der Waals surface area contributed by atoms with Crippen LogP contribution in [-0.4, -0.2) is 17.6 Å². The summed E-state index contributed by atoms with van der Waals surface area (Å²) in [4.78, 5) is 11.0. The zero-order chi connectivity index (χ0) is 9.26. The molecule has 0 unspecified atom stereocenters. The van der Waals surface area contributed by atoms with Gasteiger partial charge >= 0.3 is 0 Å². The minimum Gasteiger partial charge on any atom is -0.508 e. The van der Waals surface area contributed by atoms with Crippen LogP contribution in [0, 0.1) is 0 Å². The largest absolute Gasteiger partial charge is 0.508 e. The highest BCUT2D eigenvalue weighted by Gasteiger charge is 2.14. The zero-order valence-electron chi connectivity index (χ0n) is 6.91. The van der Waals surface area contributed by atoms with Crippen LogP contribution < -0.4 is 5.32 Å². The van der Waals surface area contributed by atoms with Gasteiger partial charge in [0.15, 0.2) is 0 Å². The Morgan fingerprint density at radius 2 is 2.23 bits per heavy atom. The normalized spacial score (nSPS) is 15.8. The lowest BCUT2D eigenvalue weighted by atomic mass is 10.1. The van der Waals surface area contributed by atoms with Crippen LogP contribution >= 0.6 is 0 Å². The molecule has 1 aromatic rings. The number of benzene rings is 1. The standard InChI is InChI=1S/C9H9NO3/c11-8-3-1-2-7-6(8)4-13-5-9(12)10-7/h1-3,11H,4-5H2,(H,10,12). The van der Waals surface area contributed by atoms with E-state index >= 15 is 0 Å². The second-order valence-electron chi connectivity index (χ2n) is 2.84. The first-order valence-electron chi connectivity index (χ1n) is 3.96. The van der Waals surface area contributed by atoms with Gasteiger partial charge in [-0.05, 0) is 12.1 Å². The maximum absolute atomic E-state index is 11.0. The van der Waals surface area contributed by atoms with Crippen LogP contribution in [0.2, 0.25) is 0 Å². The molecule has 0 fully saturated rings. The molecule has 1 amide bonds. The van der Waals surface area contributed by atoms with E-state index in [2.05, 4.69) is 5.32 Å². The topological polar surface area (TPSA) is 58.6 Å². The van der Waals surface area contributed by atoms with Gasteiger partial charge in [0.2, 0.25) is 5.91 Å². The van der Waals surface area contributed by atoms with Crippen LogP contribution in [0.3, 0.4) is 0 Å². The Hall–Kier alpha value is -1.55. The average molecular weight is 179 g/mol. The Bertz CT molecular complexity index is 349. The van der Waals surface area contributed by atoms with Crippen molar-refractivity contribution in [2.75, 3.05) is 11.9 Å². The second kappa shape index (κ2) is 3.06. The highest BCUT2D eigenvalue weighted by Crippen LogP contribution is 2.27. The summed E-state index contributed by atoms with van der Waals surface area (Å²) >= 11 is 0. The SMILES string of the molecule is O=C1COCc2c(O)cccc2N1. The van der Waals surface area contributed by atoms with Crippen LogP contribution in [0.25, 0.3) is 0 Å². The zero-order valence-corrected chi connectivity index (χ0v) is 6.91. The third-order valence-corrected chi connectivity index (χ3v) is 1.90. The molecule has 1 heterocycles. The van der Waals surface area contributed by atoms with E-state index in [9.17, 15) is 9.90 Å². The first-order chi connectivity index (χ1) is 6.27. The molecule has 0 radical (unpaired) electrons. The third kappa shape index (κ3) is 1.48. The highest BCUT2D eigenvalue weighted by molar-refractivity contribution is 5.93. The van der Waals surface area contributed by atoms with Gasteiger partial charge in [0.05, 0.1) is 12.3 Å². The number of hydrogen-bond donors (Lipinski definition) is 2. The van der Waals surface area contributed by atoms with Crippen LogP contribution in [0.5, 0.6) is 5.75 Å². The van der Waals surface area contributed by atoms with Crippen molar-refractivity contribution in [1.29, 1.82) is 0 Å². The van der Waals surface area contributed by atoms with Crippen LogP contribution in [0.15, 0.2) is 18.2 Å².